The zero-order valence-electron chi connectivity index (χ0n) is 15.1. The van der Waals surface area contributed by atoms with Crippen molar-refractivity contribution in [1.82, 2.24) is 9.80 Å². The van der Waals surface area contributed by atoms with Crippen LogP contribution in [-0.2, 0) is 9.53 Å². The van der Waals surface area contributed by atoms with Crippen LogP contribution in [0.15, 0.2) is 0 Å². The van der Waals surface area contributed by atoms with Crippen LogP contribution in [-0.4, -0.2) is 70.3 Å². The van der Waals surface area contributed by atoms with E-state index in [9.17, 15) is 14.7 Å². The number of carbonyl (C=O) groups excluding carboxylic acids is 2. The summed E-state index contributed by atoms with van der Waals surface area (Å²) in [5.74, 6) is -0.325. The fourth-order valence-electron chi connectivity index (χ4n) is 3.74. The van der Waals surface area contributed by atoms with Gasteiger partial charge in [0, 0.05) is 19.6 Å². The van der Waals surface area contributed by atoms with Crippen LogP contribution in [0.4, 0.5) is 4.79 Å². The minimum atomic E-state index is -0.764. The summed E-state index contributed by atoms with van der Waals surface area (Å²) >= 11 is 0. The SMILES string of the molecule is CN(C[C@H](O)CN1[C@@H]2C[CH]C[C@@]1(C(N)=O)CC2)C(=O)OC(C)(C)C. The second-order valence-corrected chi connectivity index (χ2v) is 7.98. The zero-order chi connectivity index (χ0) is 18.1. The molecule has 0 saturated carbocycles. The number of nitrogens with zero attached hydrogens (tertiary/aromatic N) is 2. The molecule has 3 atom stereocenters. The van der Waals surface area contributed by atoms with Crippen LogP contribution in [0.2, 0.25) is 0 Å². The summed E-state index contributed by atoms with van der Waals surface area (Å²) in [4.78, 5) is 27.4. The molecule has 0 aliphatic carbocycles. The largest absolute Gasteiger partial charge is 0.444 e. The number of piperidine rings is 1. The van der Waals surface area contributed by atoms with Gasteiger partial charge in [-0.2, -0.15) is 0 Å². The highest BCUT2D eigenvalue weighted by Gasteiger charge is 2.52. The Morgan fingerprint density at radius 3 is 2.75 bits per heavy atom. The Labute approximate surface area is 144 Å². The molecule has 0 aromatic heterocycles. The van der Waals surface area contributed by atoms with Crippen LogP contribution in [0.25, 0.3) is 0 Å². The van der Waals surface area contributed by atoms with E-state index >= 15 is 0 Å². The van der Waals surface area contributed by atoms with Crippen molar-refractivity contribution >= 4 is 12.0 Å². The second-order valence-electron chi connectivity index (χ2n) is 7.98. The molecular weight excluding hydrogens is 310 g/mol. The molecule has 137 valence electrons. The number of aliphatic hydroxyl groups is 1. The molecule has 24 heavy (non-hydrogen) atoms. The number of carbonyl (C=O) groups is 2. The average molecular weight is 340 g/mol. The first-order valence-corrected chi connectivity index (χ1v) is 8.56. The molecular formula is C17H30N3O4. The Hall–Kier alpha value is -1.34. The lowest BCUT2D eigenvalue weighted by Gasteiger charge is -2.43. The van der Waals surface area contributed by atoms with Crippen molar-refractivity contribution in [3.8, 4) is 0 Å². The number of nitrogens with two attached hydrogens (primary N) is 1. The molecule has 7 nitrogen and oxygen atoms in total. The Morgan fingerprint density at radius 2 is 2.17 bits per heavy atom. The van der Waals surface area contributed by atoms with Gasteiger partial charge in [0.25, 0.3) is 0 Å². The third-order valence-corrected chi connectivity index (χ3v) is 4.86. The topological polar surface area (TPSA) is 96.1 Å². The van der Waals surface area contributed by atoms with Crippen LogP contribution >= 0.6 is 0 Å². The van der Waals surface area contributed by atoms with Gasteiger partial charge in [0.2, 0.25) is 5.91 Å². The van der Waals surface area contributed by atoms with Gasteiger partial charge in [0.05, 0.1) is 12.6 Å². The van der Waals surface area contributed by atoms with E-state index in [4.69, 9.17) is 10.5 Å². The van der Waals surface area contributed by atoms with Crippen LogP contribution in [0.5, 0.6) is 0 Å². The average Bonchev–Trinajstić information content (AvgIpc) is 2.65. The number of amides is 2. The number of rotatable bonds is 5. The highest BCUT2D eigenvalue weighted by molar-refractivity contribution is 5.85. The third kappa shape index (κ3) is 4.00. The highest BCUT2D eigenvalue weighted by Crippen LogP contribution is 2.43. The lowest BCUT2D eigenvalue weighted by Crippen LogP contribution is -2.60. The summed E-state index contributed by atoms with van der Waals surface area (Å²) in [6, 6.07) is 0.243. The number of hydrogen-bond acceptors (Lipinski definition) is 5. The summed E-state index contributed by atoms with van der Waals surface area (Å²) < 4.78 is 5.29. The minimum Gasteiger partial charge on any atom is -0.444 e. The standard InChI is InChI=1S/C17H30N3O4/c1-16(2,3)24-15(23)19(4)10-13(21)11-20-12-6-5-8-17(20,9-7-12)14(18)22/h5,12-13,21H,6-11H2,1-4H3,(H2,18,22)/t12-,13+,17+/m1/s1. The van der Waals surface area contributed by atoms with Gasteiger partial charge < -0.3 is 20.5 Å². The lowest BCUT2D eigenvalue weighted by molar-refractivity contribution is -0.131. The minimum absolute atomic E-state index is 0.149. The molecule has 2 heterocycles. The number of β-amino-alcohol motifs (C(OH)–C–C–N with tert-alkyl or cyclic N) is 1. The van der Waals surface area contributed by atoms with Gasteiger partial charge in [0.15, 0.2) is 0 Å². The normalized spacial score (nSPS) is 28.5. The van der Waals surface area contributed by atoms with Gasteiger partial charge in [-0.15, -0.1) is 0 Å². The Morgan fingerprint density at radius 1 is 1.50 bits per heavy atom. The summed E-state index contributed by atoms with van der Waals surface area (Å²) in [5.41, 5.74) is 4.41. The fourth-order valence-corrected chi connectivity index (χ4v) is 3.74. The predicted octanol–water partition coefficient (Wildman–Crippen LogP) is 0.901. The maximum atomic E-state index is 12.0. The van der Waals surface area contributed by atoms with E-state index in [1.54, 1.807) is 27.8 Å². The molecule has 1 radical (unpaired) electrons. The number of aliphatic hydroxyl groups excluding tert-OH is 1. The maximum absolute atomic E-state index is 12.0. The molecule has 0 aromatic rings. The van der Waals surface area contributed by atoms with E-state index in [1.807, 2.05) is 4.90 Å². The van der Waals surface area contributed by atoms with Gasteiger partial charge >= 0.3 is 6.09 Å². The molecule has 7 heteroatoms. The van der Waals surface area contributed by atoms with E-state index in [0.717, 1.165) is 19.3 Å². The fraction of sp³-hybridized carbons (Fsp3) is 0.824. The second kappa shape index (κ2) is 6.88. The van der Waals surface area contributed by atoms with Crippen molar-refractivity contribution in [2.45, 2.75) is 69.7 Å². The number of hydrogen-bond donors (Lipinski definition) is 2. The number of ether oxygens (including phenoxy) is 1. The first-order valence-electron chi connectivity index (χ1n) is 8.56. The number of primary amides is 1. The molecule has 2 fully saturated rings. The van der Waals surface area contributed by atoms with Crippen LogP contribution in [0.1, 0.15) is 46.5 Å². The molecule has 0 aromatic carbocycles. The third-order valence-electron chi connectivity index (χ3n) is 4.86. The first kappa shape index (κ1) is 19.0. The van der Waals surface area contributed by atoms with Crippen molar-refractivity contribution in [3.05, 3.63) is 6.42 Å². The molecule has 2 rings (SSSR count). The zero-order valence-corrected chi connectivity index (χ0v) is 15.1. The molecule has 2 amide bonds. The van der Waals surface area contributed by atoms with Gasteiger partial charge in [-0.1, -0.05) is 0 Å². The van der Waals surface area contributed by atoms with Crippen molar-refractivity contribution in [1.29, 1.82) is 0 Å². The van der Waals surface area contributed by atoms with E-state index < -0.39 is 23.3 Å². The quantitative estimate of drug-likeness (QED) is 0.775. The van der Waals surface area contributed by atoms with Crippen LogP contribution in [0.3, 0.4) is 0 Å². The Kier molecular flexibility index (Phi) is 5.44. The summed E-state index contributed by atoms with van der Waals surface area (Å²) in [5, 5.41) is 10.4. The molecule has 2 aliphatic rings. The van der Waals surface area contributed by atoms with Crippen molar-refractivity contribution < 1.29 is 19.4 Å². The van der Waals surface area contributed by atoms with E-state index in [0.29, 0.717) is 13.0 Å². The van der Waals surface area contributed by atoms with Crippen molar-refractivity contribution in [3.63, 3.8) is 0 Å². The van der Waals surface area contributed by atoms with Crippen LogP contribution < -0.4 is 5.73 Å². The molecule has 2 aliphatic heterocycles. The Bertz CT molecular complexity index is 487. The number of fused-ring (bicyclic) bond motifs is 2. The molecule has 2 saturated heterocycles. The molecule has 0 unspecified atom stereocenters. The molecule has 2 bridgehead atoms. The Balaban J connectivity index is 1.95. The summed E-state index contributed by atoms with van der Waals surface area (Å²) in [6.45, 7) is 5.88. The maximum Gasteiger partial charge on any atom is 0.410 e. The van der Waals surface area contributed by atoms with E-state index in [1.165, 1.54) is 4.90 Å². The van der Waals surface area contributed by atoms with Gasteiger partial charge in [0.1, 0.15) is 11.1 Å². The van der Waals surface area contributed by atoms with Crippen molar-refractivity contribution in [2.75, 3.05) is 20.1 Å². The predicted molar refractivity (Wildman–Crippen MR) is 90.1 cm³/mol. The summed E-state index contributed by atoms with van der Waals surface area (Å²) in [6.07, 6.45) is 4.07. The van der Waals surface area contributed by atoms with Gasteiger partial charge in [-0.25, -0.2) is 4.79 Å². The van der Waals surface area contributed by atoms with Crippen LogP contribution in [0, 0.1) is 6.42 Å². The van der Waals surface area contributed by atoms with Crippen molar-refractivity contribution in [2.24, 2.45) is 5.73 Å². The highest BCUT2D eigenvalue weighted by atomic mass is 16.6. The first-order chi connectivity index (χ1) is 11.0. The lowest BCUT2D eigenvalue weighted by atomic mass is 9.87. The summed E-state index contributed by atoms with van der Waals surface area (Å²) in [7, 11) is 1.60. The van der Waals surface area contributed by atoms with E-state index in [2.05, 4.69) is 6.42 Å². The van der Waals surface area contributed by atoms with Gasteiger partial charge in [-0.3, -0.25) is 9.69 Å². The monoisotopic (exact) mass is 340 g/mol. The number of likely N-dealkylation sites (N-methyl/N-ethyl adjacent to an activating group) is 1. The van der Waals surface area contributed by atoms with E-state index in [-0.39, 0.29) is 18.5 Å². The molecule has 0 spiro atoms. The van der Waals surface area contributed by atoms with Gasteiger partial charge in [-0.05, 0) is 52.9 Å². The smallest absolute Gasteiger partial charge is 0.410 e. The molecule has 3 N–H and O–H groups in total.